The summed E-state index contributed by atoms with van der Waals surface area (Å²) < 4.78 is 11.3. The third kappa shape index (κ3) is 14.3. The molecule has 182 valence electrons. The Morgan fingerprint density at radius 3 is 1.94 bits per heavy atom. The molecule has 1 aromatic carbocycles. The van der Waals surface area contributed by atoms with Crippen molar-refractivity contribution >= 4 is 12.0 Å². The topological polar surface area (TPSA) is 35.5 Å². The monoisotopic (exact) mass is 444 g/mol. The molecule has 1 rings (SSSR count). The van der Waals surface area contributed by atoms with Crippen LogP contribution in [-0.2, 0) is 9.53 Å². The fourth-order valence-electron chi connectivity index (χ4n) is 3.99. The van der Waals surface area contributed by atoms with Crippen LogP contribution in [0, 0.1) is 0 Å². The number of ether oxygens (including phenoxy) is 2. The highest BCUT2D eigenvalue weighted by atomic mass is 16.5. The minimum atomic E-state index is -0.318. The summed E-state index contributed by atoms with van der Waals surface area (Å²) in [5, 5.41) is 0. The van der Waals surface area contributed by atoms with Crippen molar-refractivity contribution in [2.24, 2.45) is 0 Å². The molecule has 3 heteroatoms. The van der Waals surface area contributed by atoms with Crippen molar-refractivity contribution in [1.82, 2.24) is 0 Å². The molecular weight excluding hydrogens is 396 g/mol. The number of rotatable bonds is 20. The quantitative estimate of drug-likeness (QED) is 0.114. The minimum Gasteiger partial charge on any atom is -0.490 e. The van der Waals surface area contributed by atoms with E-state index in [1.54, 1.807) is 6.08 Å². The van der Waals surface area contributed by atoms with E-state index in [9.17, 15) is 4.79 Å². The number of carbonyl (C=O) groups excluding carboxylic acids is 1. The van der Waals surface area contributed by atoms with Crippen LogP contribution in [0.25, 0.3) is 6.08 Å². The molecule has 0 bridgehead atoms. The molecule has 0 spiro atoms. The van der Waals surface area contributed by atoms with Crippen molar-refractivity contribution in [3.8, 4) is 5.75 Å². The second kappa shape index (κ2) is 19.9. The molecule has 0 amide bonds. The first-order chi connectivity index (χ1) is 15.7. The zero-order valence-electron chi connectivity index (χ0n) is 21.1. The number of hydrogen-bond acceptors (Lipinski definition) is 3. The molecule has 32 heavy (non-hydrogen) atoms. The van der Waals surface area contributed by atoms with E-state index in [1.807, 2.05) is 31.2 Å². The van der Waals surface area contributed by atoms with Gasteiger partial charge in [0.25, 0.3) is 0 Å². The van der Waals surface area contributed by atoms with Crippen molar-refractivity contribution in [2.45, 2.75) is 123 Å². The lowest BCUT2D eigenvalue weighted by Crippen LogP contribution is -2.15. The van der Waals surface area contributed by atoms with Crippen molar-refractivity contribution in [1.29, 1.82) is 0 Å². The second-order valence-electron chi connectivity index (χ2n) is 8.80. The first kappa shape index (κ1) is 28.3. The zero-order chi connectivity index (χ0) is 23.3. The molecule has 0 saturated heterocycles. The molecule has 0 radical (unpaired) electrons. The van der Waals surface area contributed by atoms with E-state index in [-0.39, 0.29) is 12.1 Å². The predicted molar refractivity (Wildman–Crippen MR) is 137 cm³/mol. The number of carbonyl (C=O) groups is 1. The molecule has 0 N–H and O–H groups in total. The molecule has 0 aliphatic heterocycles. The van der Waals surface area contributed by atoms with Gasteiger partial charge < -0.3 is 9.47 Å². The maximum absolute atomic E-state index is 11.6. The second-order valence-corrected chi connectivity index (χ2v) is 8.80. The van der Waals surface area contributed by atoms with Gasteiger partial charge in [-0.05, 0) is 38.3 Å². The van der Waals surface area contributed by atoms with Crippen LogP contribution in [0.1, 0.15) is 123 Å². The van der Waals surface area contributed by atoms with Crippen molar-refractivity contribution < 1.29 is 14.3 Å². The Labute approximate surface area is 198 Å². The highest BCUT2D eigenvalue weighted by Gasteiger charge is 2.10. The van der Waals surface area contributed by atoms with E-state index in [0.717, 1.165) is 24.2 Å². The van der Waals surface area contributed by atoms with Gasteiger partial charge in [-0.15, -0.1) is 0 Å². The van der Waals surface area contributed by atoms with Gasteiger partial charge in [-0.3, -0.25) is 0 Å². The molecule has 3 nitrogen and oxygen atoms in total. The van der Waals surface area contributed by atoms with E-state index in [1.165, 1.54) is 89.5 Å². The van der Waals surface area contributed by atoms with E-state index in [0.29, 0.717) is 6.61 Å². The number of benzene rings is 1. The Hall–Kier alpha value is -1.77. The molecule has 0 aromatic heterocycles. The van der Waals surface area contributed by atoms with Crippen molar-refractivity contribution in [3.63, 3.8) is 0 Å². The SMILES string of the molecule is CCCCCCCCCCCCCCCC(CC)Oc1ccccc1/C=C/C(=O)OCC. The van der Waals surface area contributed by atoms with E-state index in [2.05, 4.69) is 13.8 Å². The third-order valence-corrected chi connectivity index (χ3v) is 5.98. The molecule has 0 fully saturated rings. The van der Waals surface area contributed by atoms with E-state index < -0.39 is 0 Å². The third-order valence-electron chi connectivity index (χ3n) is 5.98. The molecule has 0 saturated carbocycles. The van der Waals surface area contributed by atoms with Crippen molar-refractivity contribution in [3.05, 3.63) is 35.9 Å². The fraction of sp³-hybridized carbons (Fsp3) is 0.690. The van der Waals surface area contributed by atoms with Crippen LogP contribution in [0.5, 0.6) is 5.75 Å². The lowest BCUT2D eigenvalue weighted by Gasteiger charge is -2.19. The summed E-state index contributed by atoms with van der Waals surface area (Å²) in [5.41, 5.74) is 0.921. The van der Waals surface area contributed by atoms with Gasteiger partial charge in [-0.25, -0.2) is 4.79 Å². The maximum atomic E-state index is 11.6. The van der Waals surface area contributed by atoms with Crippen LogP contribution in [0.4, 0.5) is 0 Å². The largest absolute Gasteiger partial charge is 0.490 e. The summed E-state index contributed by atoms with van der Waals surface area (Å²) in [4.78, 5) is 11.6. The van der Waals surface area contributed by atoms with Gasteiger partial charge in [0, 0.05) is 11.6 Å². The molecular formula is C29H48O3. The summed E-state index contributed by atoms with van der Waals surface area (Å²) in [6.07, 6.45) is 23.5. The van der Waals surface area contributed by atoms with Gasteiger partial charge >= 0.3 is 5.97 Å². The van der Waals surface area contributed by atoms with Gasteiger partial charge in [0.2, 0.25) is 0 Å². The highest BCUT2D eigenvalue weighted by Crippen LogP contribution is 2.23. The van der Waals surface area contributed by atoms with Crippen LogP contribution >= 0.6 is 0 Å². The summed E-state index contributed by atoms with van der Waals surface area (Å²) in [6.45, 7) is 6.66. The lowest BCUT2D eigenvalue weighted by atomic mass is 10.0. The summed E-state index contributed by atoms with van der Waals surface area (Å²) in [7, 11) is 0. The van der Waals surface area contributed by atoms with Gasteiger partial charge in [0.05, 0.1) is 12.7 Å². The first-order valence-electron chi connectivity index (χ1n) is 13.3. The summed E-state index contributed by atoms with van der Waals surface area (Å²) in [6, 6.07) is 7.90. The molecule has 0 aliphatic carbocycles. The summed E-state index contributed by atoms with van der Waals surface area (Å²) in [5.74, 6) is 0.524. The normalized spacial score (nSPS) is 12.2. The average Bonchev–Trinajstić information content (AvgIpc) is 2.80. The van der Waals surface area contributed by atoms with Gasteiger partial charge in [-0.2, -0.15) is 0 Å². The predicted octanol–water partition coefficient (Wildman–Crippen LogP) is 8.90. The average molecular weight is 445 g/mol. The Morgan fingerprint density at radius 2 is 1.38 bits per heavy atom. The highest BCUT2D eigenvalue weighted by molar-refractivity contribution is 5.87. The zero-order valence-corrected chi connectivity index (χ0v) is 21.1. The van der Waals surface area contributed by atoms with Crippen molar-refractivity contribution in [2.75, 3.05) is 6.61 Å². The van der Waals surface area contributed by atoms with Crippen LogP contribution in [0.3, 0.4) is 0 Å². The number of unbranched alkanes of at least 4 members (excludes halogenated alkanes) is 12. The molecule has 0 aliphatic rings. The smallest absolute Gasteiger partial charge is 0.330 e. The number of hydrogen-bond donors (Lipinski definition) is 0. The Morgan fingerprint density at radius 1 is 0.812 bits per heavy atom. The molecule has 0 heterocycles. The number of esters is 1. The van der Waals surface area contributed by atoms with Gasteiger partial charge in [-0.1, -0.05) is 109 Å². The standard InChI is InChI=1S/C29H48O3/c1-4-7-8-9-10-11-12-13-14-15-16-17-18-22-27(5-2)32-28-23-20-19-21-26(28)24-25-29(30)31-6-3/h19-21,23-25,27H,4-18,22H2,1-3H3/b25-24+. The Kier molecular flexibility index (Phi) is 17.6. The summed E-state index contributed by atoms with van der Waals surface area (Å²) >= 11 is 0. The van der Waals surface area contributed by atoms with Gasteiger partial charge in [0.1, 0.15) is 5.75 Å². The fourth-order valence-corrected chi connectivity index (χ4v) is 3.99. The Bertz CT molecular complexity index is 608. The molecule has 1 unspecified atom stereocenters. The lowest BCUT2D eigenvalue weighted by molar-refractivity contribution is -0.137. The van der Waals surface area contributed by atoms with Crippen LogP contribution in [0.15, 0.2) is 30.3 Å². The van der Waals surface area contributed by atoms with Gasteiger partial charge in [0.15, 0.2) is 0 Å². The van der Waals surface area contributed by atoms with Crippen LogP contribution < -0.4 is 4.74 Å². The Balaban J connectivity index is 2.19. The minimum absolute atomic E-state index is 0.222. The van der Waals surface area contributed by atoms with Crippen LogP contribution in [-0.4, -0.2) is 18.7 Å². The molecule has 1 aromatic rings. The first-order valence-corrected chi connectivity index (χ1v) is 13.3. The maximum Gasteiger partial charge on any atom is 0.330 e. The van der Waals surface area contributed by atoms with E-state index >= 15 is 0 Å². The number of para-hydroxylation sites is 1. The van der Waals surface area contributed by atoms with E-state index in [4.69, 9.17) is 9.47 Å². The molecule has 1 atom stereocenters. The van der Waals surface area contributed by atoms with Crippen LogP contribution in [0.2, 0.25) is 0 Å².